The first-order valence-electron chi connectivity index (χ1n) is 5.52. The van der Waals surface area contributed by atoms with Gasteiger partial charge in [-0.2, -0.15) is 0 Å². The number of methoxy groups -OCH3 is 3. The second-order valence-electron chi connectivity index (χ2n) is 3.79. The number of fused-ring (bicyclic) bond motifs is 1. The molecule has 106 valence electrons. The Balaban J connectivity index is 2.91. The Morgan fingerprint density at radius 2 is 2.00 bits per heavy atom. The molecule has 0 saturated heterocycles. The molecule has 0 amide bonds. The van der Waals surface area contributed by atoms with Crippen LogP contribution in [-0.2, 0) is 4.74 Å². The minimum atomic E-state index is -0.507. The minimum absolute atomic E-state index is 0.280. The fourth-order valence-corrected chi connectivity index (χ4v) is 2.76. The monoisotopic (exact) mass is 359 g/mol. The number of pyridine rings is 1. The second-order valence-corrected chi connectivity index (χ2v) is 5.00. The molecule has 0 atom stereocenters. The lowest BCUT2D eigenvalue weighted by molar-refractivity contribution is 0.0599. The highest BCUT2D eigenvalue weighted by Crippen LogP contribution is 2.43. The summed E-state index contributed by atoms with van der Waals surface area (Å²) in [4.78, 5) is 16.0. The van der Waals surface area contributed by atoms with E-state index in [4.69, 9.17) is 25.8 Å². The van der Waals surface area contributed by atoms with E-state index < -0.39 is 5.97 Å². The van der Waals surface area contributed by atoms with Crippen molar-refractivity contribution in [2.75, 3.05) is 21.3 Å². The van der Waals surface area contributed by atoms with E-state index in [0.29, 0.717) is 31.9 Å². The molecule has 1 aromatic heterocycles. The van der Waals surface area contributed by atoms with Crippen molar-refractivity contribution in [2.45, 2.75) is 0 Å². The Kier molecular flexibility index (Phi) is 4.35. The Bertz CT molecular complexity index is 690. The number of ether oxygens (including phenoxy) is 3. The van der Waals surface area contributed by atoms with Crippen LogP contribution in [0.2, 0.25) is 5.02 Å². The number of rotatable bonds is 3. The van der Waals surface area contributed by atoms with E-state index in [9.17, 15) is 4.79 Å². The Morgan fingerprint density at radius 1 is 1.30 bits per heavy atom. The first kappa shape index (κ1) is 14.9. The van der Waals surface area contributed by atoms with Gasteiger partial charge >= 0.3 is 5.97 Å². The van der Waals surface area contributed by atoms with E-state index in [-0.39, 0.29) is 5.56 Å². The lowest BCUT2D eigenvalue weighted by Gasteiger charge is -2.13. The molecular weight excluding hydrogens is 350 g/mol. The maximum atomic E-state index is 11.7. The molecule has 0 aliphatic carbocycles. The number of esters is 1. The summed E-state index contributed by atoms with van der Waals surface area (Å²) < 4.78 is 15.8. The number of carbonyl (C=O) groups excluding carboxylic acids is 1. The summed E-state index contributed by atoms with van der Waals surface area (Å²) in [6, 6.07) is 1.61. The van der Waals surface area contributed by atoms with Crippen molar-refractivity contribution >= 4 is 44.4 Å². The van der Waals surface area contributed by atoms with Gasteiger partial charge in [-0.15, -0.1) is 0 Å². The van der Waals surface area contributed by atoms with E-state index in [1.54, 1.807) is 6.07 Å². The summed E-state index contributed by atoms with van der Waals surface area (Å²) in [5.74, 6) is 0.391. The van der Waals surface area contributed by atoms with Gasteiger partial charge in [0.25, 0.3) is 0 Å². The Labute approximate surface area is 128 Å². The first-order chi connectivity index (χ1) is 9.54. The SMILES string of the molecule is COC(=O)c1cnc2c(OC)cc(Cl)c(OC)c2c1Br. The van der Waals surface area contributed by atoms with Crippen molar-refractivity contribution < 1.29 is 19.0 Å². The van der Waals surface area contributed by atoms with Crippen LogP contribution in [0, 0.1) is 0 Å². The molecule has 0 spiro atoms. The number of aromatic nitrogens is 1. The summed E-state index contributed by atoms with van der Waals surface area (Å²) in [5.41, 5.74) is 0.816. The van der Waals surface area contributed by atoms with Crippen molar-refractivity contribution in [1.29, 1.82) is 0 Å². The van der Waals surface area contributed by atoms with Gasteiger partial charge in [-0.05, 0) is 15.9 Å². The average Bonchev–Trinajstić information content (AvgIpc) is 2.46. The minimum Gasteiger partial charge on any atom is -0.494 e. The van der Waals surface area contributed by atoms with Crippen LogP contribution in [0.15, 0.2) is 16.7 Å². The molecule has 5 nitrogen and oxygen atoms in total. The molecule has 0 fully saturated rings. The molecule has 0 aliphatic heterocycles. The van der Waals surface area contributed by atoms with Crippen LogP contribution in [0.4, 0.5) is 0 Å². The molecular formula is C13H11BrClNO4. The topological polar surface area (TPSA) is 57.7 Å². The Hall–Kier alpha value is -1.53. The zero-order valence-corrected chi connectivity index (χ0v) is 13.3. The lowest BCUT2D eigenvalue weighted by Crippen LogP contribution is -2.04. The molecule has 0 saturated carbocycles. The number of halogens is 2. The van der Waals surface area contributed by atoms with Crippen LogP contribution in [0.1, 0.15) is 10.4 Å². The molecule has 7 heteroatoms. The number of carbonyl (C=O) groups is 1. The normalized spacial score (nSPS) is 10.4. The molecule has 20 heavy (non-hydrogen) atoms. The molecule has 0 unspecified atom stereocenters. The summed E-state index contributed by atoms with van der Waals surface area (Å²) >= 11 is 9.53. The van der Waals surface area contributed by atoms with Crippen molar-refractivity contribution in [3.05, 3.63) is 27.3 Å². The van der Waals surface area contributed by atoms with Crippen molar-refractivity contribution in [2.24, 2.45) is 0 Å². The van der Waals surface area contributed by atoms with Gasteiger partial charge in [-0.25, -0.2) is 4.79 Å². The molecule has 0 bridgehead atoms. The van der Waals surface area contributed by atoms with Crippen molar-refractivity contribution in [3.8, 4) is 11.5 Å². The van der Waals surface area contributed by atoms with Gasteiger partial charge in [0.1, 0.15) is 17.0 Å². The molecule has 0 radical (unpaired) electrons. The van der Waals surface area contributed by atoms with Crippen molar-refractivity contribution in [1.82, 2.24) is 4.98 Å². The van der Waals surface area contributed by atoms with Crippen LogP contribution < -0.4 is 9.47 Å². The molecule has 0 N–H and O–H groups in total. The highest BCUT2D eigenvalue weighted by molar-refractivity contribution is 9.10. The smallest absolute Gasteiger partial charge is 0.340 e. The molecule has 0 aliphatic rings. The third-order valence-corrected chi connectivity index (χ3v) is 3.88. The maximum absolute atomic E-state index is 11.7. The quantitative estimate of drug-likeness (QED) is 0.785. The number of nitrogens with zero attached hydrogens (tertiary/aromatic N) is 1. The standard InChI is InChI=1S/C13H11BrClNO4/c1-18-8-4-7(15)12(19-2)9-10(14)6(13(17)20-3)5-16-11(8)9/h4-5H,1-3H3. The molecule has 1 heterocycles. The molecule has 2 aromatic rings. The van der Waals surface area contributed by atoms with E-state index in [1.807, 2.05) is 0 Å². The van der Waals surface area contributed by atoms with Crippen LogP contribution in [0.25, 0.3) is 10.9 Å². The van der Waals surface area contributed by atoms with E-state index in [0.717, 1.165) is 0 Å². The average molecular weight is 361 g/mol. The van der Waals surface area contributed by atoms with Gasteiger partial charge in [0, 0.05) is 16.7 Å². The summed E-state index contributed by atoms with van der Waals surface area (Å²) in [6.07, 6.45) is 1.41. The van der Waals surface area contributed by atoms with Crippen LogP contribution in [0.3, 0.4) is 0 Å². The van der Waals surface area contributed by atoms with Gasteiger partial charge in [0.05, 0.1) is 37.3 Å². The third-order valence-electron chi connectivity index (χ3n) is 2.78. The van der Waals surface area contributed by atoms with Gasteiger partial charge in [-0.3, -0.25) is 4.98 Å². The summed E-state index contributed by atoms with van der Waals surface area (Å²) in [6.45, 7) is 0. The van der Waals surface area contributed by atoms with Crippen LogP contribution in [0.5, 0.6) is 11.5 Å². The number of hydrogen-bond acceptors (Lipinski definition) is 5. The van der Waals surface area contributed by atoms with E-state index in [1.165, 1.54) is 27.5 Å². The number of benzene rings is 1. The first-order valence-corrected chi connectivity index (χ1v) is 6.69. The van der Waals surface area contributed by atoms with Crippen molar-refractivity contribution in [3.63, 3.8) is 0 Å². The van der Waals surface area contributed by atoms with E-state index in [2.05, 4.69) is 20.9 Å². The number of hydrogen-bond donors (Lipinski definition) is 0. The predicted octanol–water partition coefficient (Wildman–Crippen LogP) is 3.45. The zero-order chi connectivity index (χ0) is 14.9. The fraction of sp³-hybridized carbons (Fsp3) is 0.231. The highest BCUT2D eigenvalue weighted by Gasteiger charge is 2.21. The van der Waals surface area contributed by atoms with E-state index >= 15 is 0 Å². The van der Waals surface area contributed by atoms with Gasteiger partial charge < -0.3 is 14.2 Å². The highest BCUT2D eigenvalue weighted by atomic mass is 79.9. The summed E-state index contributed by atoms with van der Waals surface area (Å²) in [7, 11) is 4.31. The fourth-order valence-electron chi connectivity index (χ4n) is 1.86. The van der Waals surface area contributed by atoms with Gasteiger partial charge in [0.2, 0.25) is 0 Å². The van der Waals surface area contributed by atoms with Gasteiger partial charge in [0.15, 0.2) is 0 Å². The van der Waals surface area contributed by atoms with Crippen LogP contribution in [-0.4, -0.2) is 32.3 Å². The largest absolute Gasteiger partial charge is 0.494 e. The van der Waals surface area contributed by atoms with Gasteiger partial charge in [-0.1, -0.05) is 11.6 Å². The zero-order valence-electron chi connectivity index (χ0n) is 11.0. The third kappa shape index (κ3) is 2.29. The second kappa shape index (κ2) is 5.85. The van der Waals surface area contributed by atoms with Crippen LogP contribution >= 0.6 is 27.5 Å². The maximum Gasteiger partial charge on any atom is 0.340 e. The molecule has 1 aromatic carbocycles. The molecule has 2 rings (SSSR count). The Morgan fingerprint density at radius 3 is 2.55 bits per heavy atom. The predicted molar refractivity (Wildman–Crippen MR) is 78.9 cm³/mol. The summed E-state index contributed by atoms with van der Waals surface area (Å²) in [5, 5.41) is 0.918. The lowest BCUT2D eigenvalue weighted by atomic mass is 10.1.